The van der Waals surface area contributed by atoms with Gasteiger partial charge in [0.1, 0.15) is 11.8 Å². The molecule has 0 spiro atoms. The molecule has 9 heteroatoms. The molecule has 1 unspecified atom stereocenters. The molecule has 2 N–H and O–H groups in total. The highest BCUT2D eigenvalue weighted by molar-refractivity contribution is 6.05. The molecule has 1 aromatic heterocycles. The second-order valence-electron chi connectivity index (χ2n) is 8.77. The molecule has 9 nitrogen and oxygen atoms in total. The quantitative estimate of drug-likeness (QED) is 0.414. The number of carbonyl (C=O) groups excluding carboxylic acids is 3. The van der Waals surface area contributed by atoms with Crippen molar-refractivity contribution in [3.8, 4) is 11.4 Å². The normalized spacial score (nSPS) is 17.7. The number of imide groups is 1. The largest absolute Gasteiger partial charge is 0.508 e. The number of hydrogen-bond donors (Lipinski definition) is 2. The molecule has 0 radical (unpaired) electrons. The molecule has 5 rings (SSSR count). The maximum Gasteiger partial charge on any atom is 0.255 e. The number of aromatic nitrogens is 3. The molecule has 3 aromatic rings. The number of piperidine rings is 1. The van der Waals surface area contributed by atoms with Crippen LogP contribution in [0.2, 0.25) is 0 Å². The van der Waals surface area contributed by atoms with Crippen LogP contribution in [-0.2, 0) is 29.0 Å². The predicted molar refractivity (Wildman–Crippen MR) is 122 cm³/mol. The molecule has 174 valence electrons. The van der Waals surface area contributed by atoms with E-state index < -0.39 is 11.9 Å². The minimum Gasteiger partial charge on any atom is -0.508 e. The number of hydrogen-bond acceptors (Lipinski definition) is 6. The van der Waals surface area contributed by atoms with Crippen molar-refractivity contribution in [3.05, 3.63) is 71.0 Å². The Morgan fingerprint density at radius 2 is 1.82 bits per heavy atom. The van der Waals surface area contributed by atoms with E-state index in [9.17, 15) is 19.5 Å². The summed E-state index contributed by atoms with van der Waals surface area (Å²) < 4.78 is 1.70. The maximum absolute atomic E-state index is 12.9. The second kappa shape index (κ2) is 9.09. The zero-order chi connectivity index (χ0) is 23.7. The fraction of sp³-hybridized carbons (Fsp3) is 0.320. The lowest BCUT2D eigenvalue weighted by Crippen LogP contribution is -2.52. The number of carbonyl (C=O) groups is 3. The van der Waals surface area contributed by atoms with Crippen LogP contribution >= 0.6 is 0 Å². The van der Waals surface area contributed by atoms with Crippen LogP contribution in [-0.4, -0.2) is 48.8 Å². The van der Waals surface area contributed by atoms with Crippen LogP contribution in [0, 0.1) is 0 Å². The van der Waals surface area contributed by atoms with Gasteiger partial charge in [0.2, 0.25) is 11.8 Å². The monoisotopic (exact) mass is 459 g/mol. The van der Waals surface area contributed by atoms with Crippen LogP contribution in [0.5, 0.6) is 5.75 Å². The summed E-state index contributed by atoms with van der Waals surface area (Å²) in [7, 11) is 0. The lowest BCUT2D eigenvalue weighted by atomic mass is 10.0. The number of aromatic hydroxyl groups is 1. The van der Waals surface area contributed by atoms with Gasteiger partial charge in [-0.15, -0.1) is 5.10 Å². The molecule has 0 bridgehead atoms. The first-order valence-corrected chi connectivity index (χ1v) is 11.4. The molecule has 0 aliphatic carbocycles. The first kappa shape index (κ1) is 21.8. The standard InChI is InChI=1S/C25H25N5O4/c31-20-8-5-16(6-9-20)3-1-2-4-18-15-30(28-27-18)19-7-10-21-17(13-19)14-29(25(21)34)22-11-12-23(32)26-24(22)33/h5-10,13,15,22,31H,1-4,11-12,14H2,(H,26,32,33). The van der Waals surface area contributed by atoms with Gasteiger partial charge in [-0.1, -0.05) is 17.3 Å². The number of benzene rings is 2. The van der Waals surface area contributed by atoms with Crippen molar-refractivity contribution in [2.45, 2.75) is 51.1 Å². The first-order chi connectivity index (χ1) is 16.5. The third-order valence-corrected chi connectivity index (χ3v) is 6.40. The number of aryl methyl sites for hydroxylation is 2. The van der Waals surface area contributed by atoms with E-state index in [1.54, 1.807) is 22.9 Å². The van der Waals surface area contributed by atoms with E-state index in [1.807, 2.05) is 30.5 Å². The highest BCUT2D eigenvalue weighted by Gasteiger charge is 2.39. The van der Waals surface area contributed by atoms with Gasteiger partial charge in [0.25, 0.3) is 5.91 Å². The maximum atomic E-state index is 12.9. The Bertz CT molecular complexity index is 1250. The number of phenols is 1. The Morgan fingerprint density at radius 3 is 2.62 bits per heavy atom. The molecule has 1 fully saturated rings. The summed E-state index contributed by atoms with van der Waals surface area (Å²) in [5.74, 6) is -0.622. The van der Waals surface area contributed by atoms with Gasteiger partial charge < -0.3 is 10.0 Å². The van der Waals surface area contributed by atoms with E-state index in [0.29, 0.717) is 18.5 Å². The van der Waals surface area contributed by atoms with Gasteiger partial charge in [0, 0.05) is 18.5 Å². The number of fused-ring (bicyclic) bond motifs is 1. The summed E-state index contributed by atoms with van der Waals surface area (Å²) in [4.78, 5) is 38.1. The highest BCUT2D eigenvalue weighted by atomic mass is 16.3. The minimum atomic E-state index is -0.624. The Morgan fingerprint density at radius 1 is 1.03 bits per heavy atom. The number of nitrogens with one attached hydrogen (secondary N) is 1. The molecule has 2 aromatic carbocycles. The number of phenolic OH excluding ortho intramolecular Hbond substituents is 1. The summed E-state index contributed by atoms with van der Waals surface area (Å²) in [6.45, 7) is 0.326. The summed E-state index contributed by atoms with van der Waals surface area (Å²) in [6.07, 6.45) is 6.21. The smallest absolute Gasteiger partial charge is 0.255 e. The minimum absolute atomic E-state index is 0.191. The highest BCUT2D eigenvalue weighted by Crippen LogP contribution is 2.29. The molecule has 3 heterocycles. The van der Waals surface area contributed by atoms with Gasteiger partial charge in [-0.25, -0.2) is 4.68 Å². The fourth-order valence-electron chi connectivity index (χ4n) is 4.54. The van der Waals surface area contributed by atoms with Crippen LogP contribution in [0.15, 0.2) is 48.7 Å². The average molecular weight is 460 g/mol. The zero-order valence-electron chi connectivity index (χ0n) is 18.6. The van der Waals surface area contributed by atoms with Crippen LogP contribution in [0.4, 0.5) is 0 Å². The third kappa shape index (κ3) is 4.41. The number of nitrogens with zero attached hydrogens (tertiary/aromatic N) is 4. The molecule has 1 atom stereocenters. The van der Waals surface area contributed by atoms with Crippen molar-refractivity contribution in [3.63, 3.8) is 0 Å². The topological polar surface area (TPSA) is 117 Å². The Labute approximate surface area is 196 Å². The number of amides is 3. The zero-order valence-corrected chi connectivity index (χ0v) is 18.6. The van der Waals surface area contributed by atoms with Crippen molar-refractivity contribution in [2.24, 2.45) is 0 Å². The van der Waals surface area contributed by atoms with Gasteiger partial charge in [-0.3, -0.25) is 19.7 Å². The molecule has 34 heavy (non-hydrogen) atoms. The Kier molecular flexibility index (Phi) is 5.83. The van der Waals surface area contributed by atoms with Gasteiger partial charge in [-0.05, 0) is 73.6 Å². The molecule has 3 amide bonds. The lowest BCUT2D eigenvalue weighted by molar-refractivity contribution is -0.136. The van der Waals surface area contributed by atoms with Crippen LogP contribution in [0.25, 0.3) is 5.69 Å². The second-order valence-corrected chi connectivity index (χ2v) is 8.77. The molecule has 2 aliphatic rings. The summed E-state index contributed by atoms with van der Waals surface area (Å²) in [6, 6.07) is 12.1. The molecule has 0 saturated carbocycles. The van der Waals surface area contributed by atoms with E-state index in [1.165, 1.54) is 10.5 Å². The number of unbranched alkanes of at least 4 members (excludes halogenated alkanes) is 1. The van der Waals surface area contributed by atoms with E-state index in [4.69, 9.17) is 0 Å². The van der Waals surface area contributed by atoms with Crippen molar-refractivity contribution < 1.29 is 19.5 Å². The summed E-state index contributed by atoms with van der Waals surface area (Å²) >= 11 is 0. The molecule has 1 saturated heterocycles. The van der Waals surface area contributed by atoms with Crippen LogP contribution in [0.3, 0.4) is 0 Å². The van der Waals surface area contributed by atoms with Gasteiger partial charge in [-0.2, -0.15) is 0 Å². The van der Waals surface area contributed by atoms with Crippen molar-refractivity contribution in [1.82, 2.24) is 25.2 Å². The van der Waals surface area contributed by atoms with E-state index >= 15 is 0 Å². The number of rotatable bonds is 7. The van der Waals surface area contributed by atoms with Gasteiger partial charge in [0.05, 0.1) is 17.6 Å². The van der Waals surface area contributed by atoms with E-state index in [0.717, 1.165) is 42.6 Å². The van der Waals surface area contributed by atoms with Crippen LogP contribution in [0.1, 0.15) is 52.9 Å². The summed E-state index contributed by atoms with van der Waals surface area (Å²) in [5.41, 5.74) is 4.30. The van der Waals surface area contributed by atoms with E-state index in [2.05, 4.69) is 15.6 Å². The van der Waals surface area contributed by atoms with Gasteiger partial charge in [0.15, 0.2) is 0 Å². The third-order valence-electron chi connectivity index (χ3n) is 6.40. The molecule has 2 aliphatic heterocycles. The SMILES string of the molecule is O=C1CCC(N2Cc3cc(-n4cc(CCCCc5ccc(O)cc5)nn4)ccc3C2=O)C(=O)N1. The Hall–Kier alpha value is -4.01. The molecular formula is C25H25N5O4. The molecular weight excluding hydrogens is 434 g/mol. The first-order valence-electron chi connectivity index (χ1n) is 11.4. The van der Waals surface area contributed by atoms with Crippen molar-refractivity contribution in [2.75, 3.05) is 0 Å². The van der Waals surface area contributed by atoms with Crippen molar-refractivity contribution >= 4 is 17.7 Å². The van der Waals surface area contributed by atoms with E-state index in [-0.39, 0.29) is 24.0 Å². The van der Waals surface area contributed by atoms with Crippen LogP contribution < -0.4 is 5.32 Å². The average Bonchev–Trinajstić information content (AvgIpc) is 3.42. The lowest BCUT2D eigenvalue weighted by Gasteiger charge is -2.29. The Balaban J connectivity index is 1.20. The summed E-state index contributed by atoms with van der Waals surface area (Å²) in [5, 5.41) is 20.2. The fourth-order valence-corrected chi connectivity index (χ4v) is 4.54. The van der Waals surface area contributed by atoms with Gasteiger partial charge >= 0.3 is 0 Å². The predicted octanol–water partition coefficient (Wildman–Crippen LogP) is 2.30. The van der Waals surface area contributed by atoms with Crippen molar-refractivity contribution in [1.29, 1.82) is 0 Å².